The van der Waals surface area contributed by atoms with Gasteiger partial charge in [0.15, 0.2) is 5.17 Å². The minimum absolute atomic E-state index is 0.0546. The number of phenols is 1. The molecule has 24 heavy (non-hydrogen) atoms. The Labute approximate surface area is 163 Å². The van der Waals surface area contributed by atoms with Crippen LogP contribution >= 0.6 is 46.0 Å². The van der Waals surface area contributed by atoms with Crippen LogP contribution in [-0.4, -0.2) is 32.0 Å². The number of pyridine rings is 1. The first-order valence-electron chi connectivity index (χ1n) is 7.64. The molecule has 124 valence electrons. The first kappa shape index (κ1) is 16.5. The predicted molar refractivity (Wildman–Crippen MR) is 107 cm³/mol. The fourth-order valence-electron chi connectivity index (χ4n) is 3.23. The summed E-state index contributed by atoms with van der Waals surface area (Å²) in [6, 6.07) is 9.77. The van der Waals surface area contributed by atoms with E-state index in [9.17, 15) is 5.11 Å². The Balaban J connectivity index is 1.81. The third-order valence-corrected chi connectivity index (χ3v) is 6.47. The van der Waals surface area contributed by atoms with Gasteiger partial charge in [-0.3, -0.25) is 9.98 Å². The number of phenolic OH excluding ortho intramolecular Hbond substituents is 1. The fourth-order valence-corrected chi connectivity index (χ4v) is 5.36. The molecule has 3 heterocycles. The lowest BCUT2D eigenvalue weighted by Gasteiger charge is -2.27. The second-order valence-corrected chi connectivity index (χ2v) is 8.94. The van der Waals surface area contributed by atoms with Crippen molar-refractivity contribution >= 4 is 51.1 Å². The van der Waals surface area contributed by atoms with E-state index in [1.54, 1.807) is 6.20 Å². The van der Waals surface area contributed by atoms with E-state index in [2.05, 4.69) is 39.4 Å². The fraction of sp³-hybridized carbons (Fsp3) is 0.294. The number of thioether (sulfide) groups is 1. The Morgan fingerprint density at radius 3 is 2.92 bits per heavy atom. The zero-order chi connectivity index (χ0) is 16.8. The quantitative estimate of drug-likeness (QED) is 0.649. The van der Waals surface area contributed by atoms with Crippen LogP contribution in [0.3, 0.4) is 0 Å². The van der Waals surface area contributed by atoms with Gasteiger partial charge in [-0.2, -0.15) is 0 Å². The monoisotopic (exact) mass is 471 g/mol. The molecule has 0 spiro atoms. The van der Waals surface area contributed by atoms with Crippen molar-refractivity contribution in [3.8, 4) is 5.75 Å². The van der Waals surface area contributed by atoms with Gasteiger partial charge in [0, 0.05) is 18.0 Å². The van der Waals surface area contributed by atoms with Crippen LogP contribution in [0.25, 0.3) is 0 Å². The number of hydrogen-bond donors (Lipinski definition) is 1. The highest BCUT2D eigenvalue weighted by Crippen LogP contribution is 2.48. The maximum Gasteiger partial charge on any atom is 0.160 e. The van der Waals surface area contributed by atoms with Crippen LogP contribution < -0.4 is 0 Å². The second-order valence-electron chi connectivity index (χ2n) is 5.97. The minimum Gasteiger partial charge on any atom is -0.505 e. The van der Waals surface area contributed by atoms with Gasteiger partial charge in [-0.05, 0) is 52.4 Å². The van der Waals surface area contributed by atoms with Crippen LogP contribution in [0.2, 0.25) is 5.02 Å². The molecule has 4 nitrogen and oxygen atoms in total. The standard InChI is InChI=1S/C17H15ClIN3OS/c1-9-8-22-15(10-6-11(18)16(23)12(19)7-10)14(21-17(22)24-9)13-4-2-3-5-20-13/h2-7,9,14-15,23H,8H2,1H3/t9-,14-,15+/m1/s1. The van der Waals surface area contributed by atoms with Crippen molar-refractivity contribution in [1.82, 2.24) is 9.88 Å². The van der Waals surface area contributed by atoms with Crippen molar-refractivity contribution in [1.29, 1.82) is 0 Å². The van der Waals surface area contributed by atoms with Gasteiger partial charge in [-0.15, -0.1) is 0 Å². The molecule has 0 radical (unpaired) electrons. The van der Waals surface area contributed by atoms with E-state index in [0.29, 0.717) is 10.3 Å². The van der Waals surface area contributed by atoms with Gasteiger partial charge in [0.25, 0.3) is 0 Å². The molecule has 2 aromatic rings. The number of aromatic nitrogens is 1. The summed E-state index contributed by atoms with van der Waals surface area (Å²) < 4.78 is 0.753. The molecule has 1 N–H and O–H groups in total. The summed E-state index contributed by atoms with van der Waals surface area (Å²) in [5.74, 6) is 0.138. The summed E-state index contributed by atoms with van der Waals surface area (Å²) in [7, 11) is 0. The molecule has 0 amide bonds. The van der Waals surface area contributed by atoms with Crippen molar-refractivity contribution in [2.45, 2.75) is 24.3 Å². The van der Waals surface area contributed by atoms with Crippen molar-refractivity contribution in [3.05, 3.63) is 56.4 Å². The molecule has 0 bridgehead atoms. The Morgan fingerprint density at radius 2 is 2.21 bits per heavy atom. The van der Waals surface area contributed by atoms with Gasteiger partial charge in [0.05, 0.1) is 20.3 Å². The molecule has 1 aromatic carbocycles. The number of rotatable bonds is 2. The minimum atomic E-state index is -0.0578. The molecule has 7 heteroatoms. The molecule has 2 aliphatic rings. The van der Waals surface area contributed by atoms with Gasteiger partial charge in [0.2, 0.25) is 0 Å². The van der Waals surface area contributed by atoms with Crippen LogP contribution in [0.15, 0.2) is 41.5 Å². The molecule has 0 aliphatic carbocycles. The first-order valence-corrected chi connectivity index (χ1v) is 9.98. The number of amidine groups is 1. The van der Waals surface area contributed by atoms with E-state index in [1.807, 2.05) is 42.1 Å². The number of hydrogen-bond acceptors (Lipinski definition) is 5. The summed E-state index contributed by atoms with van der Waals surface area (Å²) in [5.41, 5.74) is 2.02. The topological polar surface area (TPSA) is 48.7 Å². The Bertz CT molecular complexity index is 794. The second kappa shape index (κ2) is 6.38. The normalized spacial score (nSPS) is 25.7. The van der Waals surface area contributed by atoms with Crippen LogP contribution in [0.5, 0.6) is 5.75 Å². The van der Waals surface area contributed by atoms with Crippen LogP contribution in [0.4, 0.5) is 0 Å². The molecule has 3 atom stereocenters. The molecule has 1 fully saturated rings. The summed E-state index contributed by atoms with van der Waals surface area (Å²) in [6.45, 7) is 3.17. The lowest BCUT2D eigenvalue weighted by Crippen LogP contribution is -2.28. The predicted octanol–water partition coefficient (Wildman–Crippen LogP) is 4.63. The molecule has 1 aromatic heterocycles. The van der Waals surface area contributed by atoms with E-state index in [1.165, 1.54) is 0 Å². The number of fused-ring (bicyclic) bond motifs is 1. The third-order valence-electron chi connectivity index (χ3n) is 4.26. The van der Waals surface area contributed by atoms with Crippen molar-refractivity contribution in [2.24, 2.45) is 4.99 Å². The highest BCUT2D eigenvalue weighted by atomic mass is 127. The van der Waals surface area contributed by atoms with E-state index >= 15 is 0 Å². The Morgan fingerprint density at radius 1 is 1.38 bits per heavy atom. The number of nitrogens with zero attached hydrogens (tertiary/aromatic N) is 3. The maximum absolute atomic E-state index is 9.99. The van der Waals surface area contributed by atoms with E-state index in [4.69, 9.17) is 16.6 Å². The van der Waals surface area contributed by atoms with Crippen molar-refractivity contribution < 1.29 is 5.11 Å². The van der Waals surface area contributed by atoms with Gasteiger partial charge >= 0.3 is 0 Å². The van der Waals surface area contributed by atoms with E-state index < -0.39 is 0 Å². The Hall–Kier alpha value is -0.990. The number of aliphatic imine (C=N–C) groups is 1. The first-order chi connectivity index (χ1) is 11.5. The average Bonchev–Trinajstić information content (AvgIpc) is 3.08. The third kappa shape index (κ3) is 2.78. The van der Waals surface area contributed by atoms with Gasteiger partial charge in [0.1, 0.15) is 11.8 Å². The summed E-state index contributed by atoms with van der Waals surface area (Å²) in [6.07, 6.45) is 1.80. The zero-order valence-electron chi connectivity index (χ0n) is 12.9. The van der Waals surface area contributed by atoms with Gasteiger partial charge < -0.3 is 10.0 Å². The van der Waals surface area contributed by atoms with E-state index in [-0.39, 0.29) is 17.8 Å². The summed E-state index contributed by atoms with van der Waals surface area (Å²) in [5, 5.41) is 12.0. The largest absolute Gasteiger partial charge is 0.505 e. The van der Waals surface area contributed by atoms with Crippen LogP contribution in [0.1, 0.15) is 30.3 Å². The smallest absolute Gasteiger partial charge is 0.160 e. The highest BCUT2D eigenvalue weighted by molar-refractivity contribution is 14.1. The molecular formula is C17H15ClIN3OS. The molecule has 4 rings (SSSR count). The van der Waals surface area contributed by atoms with E-state index in [0.717, 1.165) is 26.5 Å². The lowest BCUT2D eigenvalue weighted by molar-refractivity contribution is 0.321. The number of benzene rings is 1. The number of halogens is 2. The molecule has 0 unspecified atom stereocenters. The van der Waals surface area contributed by atoms with Crippen molar-refractivity contribution in [2.75, 3.05) is 6.54 Å². The maximum atomic E-state index is 9.99. The number of aromatic hydroxyl groups is 1. The van der Waals surface area contributed by atoms with Gasteiger partial charge in [-0.25, -0.2) is 0 Å². The summed E-state index contributed by atoms with van der Waals surface area (Å²) >= 11 is 10.2. The van der Waals surface area contributed by atoms with Crippen molar-refractivity contribution in [3.63, 3.8) is 0 Å². The SMILES string of the molecule is C[C@@H]1CN2C(=N[C@H](c3ccccn3)[C@@H]2c2cc(Cl)c(O)c(I)c2)S1. The molecule has 2 aliphatic heterocycles. The zero-order valence-corrected chi connectivity index (χ0v) is 16.6. The lowest BCUT2D eigenvalue weighted by atomic mass is 9.96. The van der Waals surface area contributed by atoms with Crippen LogP contribution in [0, 0.1) is 3.57 Å². The summed E-state index contributed by atoms with van der Waals surface area (Å²) in [4.78, 5) is 11.8. The molecular weight excluding hydrogens is 457 g/mol. The molecule has 0 saturated carbocycles. The molecule has 1 saturated heterocycles. The average molecular weight is 472 g/mol. The van der Waals surface area contributed by atoms with Gasteiger partial charge in [-0.1, -0.05) is 36.4 Å². The highest BCUT2D eigenvalue weighted by Gasteiger charge is 2.43. The van der Waals surface area contributed by atoms with Crippen LogP contribution in [-0.2, 0) is 0 Å². The Kier molecular flexibility index (Phi) is 4.38.